The zero-order chi connectivity index (χ0) is 19.7. The van der Waals surface area contributed by atoms with E-state index < -0.39 is 24.0 Å². The largest absolute Gasteiger partial charge is 0.491 e. The second kappa shape index (κ2) is 10.3. The lowest BCUT2D eigenvalue weighted by Gasteiger charge is -2.12. The molecule has 0 spiro atoms. The van der Waals surface area contributed by atoms with Crippen LogP contribution < -0.4 is 20.1 Å². The van der Waals surface area contributed by atoms with E-state index in [9.17, 15) is 14.4 Å². The molecule has 0 radical (unpaired) electrons. The number of benzene rings is 1. The molecule has 26 heavy (non-hydrogen) atoms. The molecule has 1 atom stereocenters. The molecule has 8 nitrogen and oxygen atoms in total. The van der Waals surface area contributed by atoms with Crippen molar-refractivity contribution in [3.05, 3.63) is 28.8 Å². The quantitative estimate of drug-likeness (QED) is 0.551. The Kier molecular flexibility index (Phi) is 8.44. The third kappa shape index (κ3) is 6.29. The Labute approximate surface area is 156 Å². The van der Waals surface area contributed by atoms with Crippen LogP contribution in [0.5, 0.6) is 11.5 Å². The van der Waals surface area contributed by atoms with Crippen molar-refractivity contribution < 1.29 is 28.6 Å². The number of imide groups is 1. The lowest BCUT2D eigenvalue weighted by molar-refractivity contribution is -0.149. The smallest absolute Gasteiger partial charge is 0.331 e. The number of carbonyl (C=O) groups excluding carboxylic acids is 3. The SMILES string of the molecule is CCOc1cc(/C=C/C(=O)O[C@H](C)C(=O)NC(=O)NC)cc(Cl)c1OC. The first-order valence-corrected chi connectivity index (χ1v) is 8.11. The standard InChI is InChI=1S/C17H21ClN2O6/c1-5-25-13-9-11(8-12(18)15(13)24-4)6-7-14(21)26-10(2)16(22)20-17(23)19-3/h6-10H,5H2,1-4H3,(H2,19,20,22,23)/b7-6+/t10-/m1/s1. The summed E-state index contributed by atoms with van der Waals surface area (Å²) >= 11 is 6.13. The summed E-state index contributed by atoms with van der Waals surface area (Å²) in [6, 6.07) is 2.55. The number of urea groups is 1. The highest BCUT2D eigenvalue weighted by atomic mass is 35.5. The van der Waals surface area contributed by atoms with Gasteiger partial charge >= 0.3 is 12.0 Å². The van der Waals surface area contributed by atoms with Gasteiger partial charge in [0.25, 0.3) is 5.91 Å². The van der Waals surface area contributed by atoms with Crippen LogP contribution in [0.25, 0.3) is 6.08 Å². The van der Waals surface area contributed by atoms with Gasteiger partial charge in [-0.25, -0.2) is 9.59 Å². The molecule has 0 aliphatic carbocycles. The minimum Gasteiger partial charge on any atom is -0.491 e. The van der Waals surface area contributed by atoms with Gasteiger partial charge < -0.3 is 19.5 Å². The van der Waals surface area contributed by atoms with Gasteiger partial charge in [-0.1, -0.05) is 11.6 Å². The Morgan fingerprint density at radius 3 is 2.58 bits per heavy atom. The monoisotopic (exact) mass is 384 g/mol. The van der Waals surface area contributed by atoms with E-state index in [-0.39, 0.29) is 0 Å². The molecule has 1 aromatic rings. The van der Waals surface area contributed by atoms with Crippen molar-refractivity contribution >= 4 is 35.6 Å². The van der Waals surface area contributed by atoms with Crippen LogP contribution in [0.1, 0.15) is 19.4 Å². The van der Waals surface area contributed by atoms with Crippen molar-refractivity contribution in [1.29, 1.82) is 0 Å². The van der Waals surface area contributed by atoms with Gasteiger partial charge in [0.15, 0.2) is 17.6 Å². The average molecular weight is 385 g/mol. The van der Waals surface area contributed by atoms with Gasteiger partial charge in [-0.15, -0.1) is 0 Å². The molecule has 0 heterocycles. The predicted octanol–water partition coefficient (Wildman–Crippen LogP) is 2.15. The van der Waals surface area contributed by atoms with Crippen molar-refractivity contribution in [2.75, 3.05) is 20.8 Å². The Balaban J connectivity index is 2.79. The number of halogens is 1. The minimum atomic E-state index is -1.14. The van der Waals surface area contributed by atoms with Crippen LogP contribution in [0.2, 0.25) is 5.02 Å². The number of carbonyl (C=O) groups is 3. The molecule has 0 aliphatic rings. The lowest BCUT2D eigenvalue weighted by atomic mass is 10.2. The highest BCUT2D eigenvalue weighted by Crippen LogP contribution is 2.36. The summed E-state index contributed by atoms with van der Waals surface area (Å²) < 4.78 is 15.6. The second-order valence-electron chi connectivity index (χ2n) is 4.95. The summed E-state index contributed by atoms with van der Waals surface area (Å²) in [5.41, 5.74) is 0.582. The van der Waals surface area contributed by atoms with E-state index in [1.165, 1.54) is 27.2 Å². The number of ether oxygens (including phenoxy) is 3. The number of hydrogen-bond acceptors (Lipinski definition) is 6. The van der Waals surface area contributed by atoms with Crippen LogP contribution >= 0.6 is 11.6 Å². The molecule has 0 fully saturated rings. The number of hydrogen-bond donors (Lipinski definition) is 2. The fraction of sp³-hybridized carbons (Fsp3) is 0.353. The molecular weight excluding hydrogens is 364 g/mol. The highest BCUT2D eigenvalue weighted by molar-refractivity contribution is 6.32. The van der Waals surface area contributed by atoms with Crippen LogP contribution in [-0.4, -0.2) is 44.8 Å². The first-order valence-electron chi connectivity index (χ1n) is 7.73. The Bertz CT molecular complexity index is 705. The van der Waals surface area contributed by atoms with Crippen molar-refractivity contribution in [3.63, 3.8) is 0 Å². The molecule has 0 saturated heterocycles. The van der Waals surface area contributed by atoms with Crippen LogP contribution in [-0.2, 0) is 14.3 Å². The zero-order valence-electron chi connectivity index (χ0n) is 14.9. The van der Waals surface area contributed by atoms with Crippen molar-refractivity contribution in [1.82, 2.24) is 10.6 Å². The maximum absolute atomic E-state index is 11.8. The van der Waals surface area contributed by atoms with E-state index >= 15 is 0 Å². The lowest BCUT2D eigenvalue weighted by Crippen LogP contribution is -2.43. The molecule has 3 amide bonds. The Morgan fingerprint density at radius 1 is 1.31 bits per heavy atom. The fourth-order valence-corrected chi connectivity index (χ4v) is 2.15. The van der Waals surface area contributed by atoms with E-state index in [1.54, 1.807) is 12.1 Å². The van der Waals surface area contributed by atoms with Crippen molar-refractivity contribution in [2.45, 2.75) is 20.0 Å². The summed E-state index contributed by atoms with van der Waals surface area (Å²) in [7, 11) is 2.83. The molecule has 0 bridgehead atoms. The maximum Gasteiger partial charge on any atom is 0.331 e. The summed E-state index contributed by atoms with van der Waals surface area (Å²) in [6.45, 7) is 3.58. The molecule has 1 rings (SSSR count). The highest BCUT2D eigenvalue weighted by Gasteiger charge is 2.18. The first kappa shape index (κ1) is 21.3. The van der Waals surface area contributed by atoms with E-state index in [4.69, 9.17) is 25.8 Å². The first-order chi connectivity index (χ1) is 12.3. The number of nitrogens with one attached hydrogen (secondary N) is 2. The third-order valence-corrected chi connectivity index (χ3v) is 3.35. The topological polar surface area (TPSA) is 103 Å². The maximum atomic E-state index is 11.8. The van der Waals surface area contributed by atoms with Gasteiger partial charge in [-0.2, -0.15) is 0 Å². The van der Waals surface area contributed by atoms with Crippen molar-refractivity contribution in [2.24, 2.45) is 0 Å². The molecule has 9 heteroatoms. The van der Waals surface area contributed by atoms with Crippen LogP contribution in [0.4, 0.5) is 4.79 Å². The van der Waals surface area contributed by atoms with E-state index in [0.717, 1.165) is 6.08 Å². The van der Waals surface area contributed by atoms with Gasteiger partial charge in [0.1, 0.15) is 0 Å². The number of rotatable bonds is 7. The fourth-order valence-electron chi connectivity index (χ4n) is 1.85. The second-order valence-corrected chi connectivity index (χ2v) is 5.36. The van der Waals surface area contributed by atoms with E-state index in [1.807, 2.05) is 12.2 Å². The normalized spacial score (nSPS) is 11.6. The van der Waals surface area contributed by atoms with Crippen LogP contribution in [0.15, 0.2) is 18.2 Å². The molecule has 142 valence electrons. The molecule has 0 aliphatic heterocycles. The number of esters is 1. The summed E-state index contributed by atoms with van der Waals surface area (Å²) in [6.07, 6.45) is 1.46. The number of methoxy groups -OCH3 is 1. The zero-order valence-corrected chi connectivity index (χ0v) is 15.7. The third-order valence-electron chi connectivity index (χ3n) is 3.07. The van der Waals surface area contributed by atoms with Gasteiger partial charge in [-0.05, 0) is 37.6 Å². The van der Waals surface area contributed by atoms with Gasteiger partial charge in [0.2, 0.25) is 0 Å². The Morgan fingerprint density at radius 2 is 2.00 bits per heavy atom. The molecule has 0 aromatic heterocycles. The van der Waals surface area contributed by atoms with Crippen LogP contribution in [0.3, 0.4) is 0 Å². The molecular formula is C17H21ClN2O6. The van der Waals surface area contributed by atoms with Crippen molar-refractivity contribution in [3.8, 4) is 11.5 Å². The summed E-state index contributed by atoms with van der Waals surface area (Å²) in [5.74, 6) is -0.659. The van der Waals surface area contributed by atoms with E-state index in [0.29, 0.717) is 28.7 Å². The molecule has 0 saturated carbocycles. The molecule has 0 unspecified atom stereocenters. The van der Waals surface area contributed by atoms with Gasteiger partial charge in [0, 0.05) is 13.1 Å². The van der Waals surface area contributed by atoms with E-state index in [2.05, 4.69) is 5.32 Å². The summed E-state index contributed by atoms with van der Waals surface area (Å²) in [5, 5.41) is 4.56. The average Bonchev–Trinajstić information content (AvgIpc) is 2.59. The Hall–Kier alpha value is -2.74. The van der Waals surface area contributed by atoms with Gasteiger partial charge in [-0.3, -0.25) is 10.1 Å². The molecule has 1 aromatic carbocycles. The minimum absolute atomic E-state index is 0.324. The summed E-state index contributed by atoms with van der Waals surface area (Å²) in [4.78, 5) is 34.5. The predicted molar refractivity (Wildman–Crippen MR) is 96.4 cm³/mol. The van der Waals surface area contributed by atoms with Crippen LogP contribution in [0, 0.1) is 0 Å². The van der Waals surface area contributed by atoms with Gasteiger partial charge in [0.05, 0.1) is 18.7 Å². The number of amides is 3. The molecule has 2 N–H and O–H groups in total.